The highest BCUT2D eigenvalue weighted by Gasteiger charge is 2.11. The maximum absolute atomic E-state index is 11.4. The van der Waals surface area contributed by atoms with E-state index in [2.05, 4.69) is 20.7 Å². The first-order valence-corrected chi connectivity index (χ1v) is 6.42. The number of esters is 1. The van der Waals surface area contributed by atoms with Gasteiger partial charge in [-0.1, -0.05) is 53.2 Å². The van der Waals surface area contributed by atoms with E-state index in [1.807, 2.05) is 30.3 Å². The average Bonchev–Trinajstić information content (AvgIpc) is 2.37. The Morgan fingerprint density at radius 3 is 2.42 bits per heavy atom. The second kappa shape index (κ2) is 6.73. The summed E-state index contributed by atoms with van der Waals surface area (Å²) in [4.78, 5) is 11.4. The molecule has 0 aliphatic rings. The molecule has 0 aromatic heterocycles. The van der Waals surface area contributed by atoms with Gasteiger partial charge in [0.2, 0.25) is 0 Å². The molecule has 0 saturated heterocycles. The van der Waals surface area contributed by atoms with E-state index in [1.54, 1.807) is 12.1 Å². The average molecular weight is 342 g/mol. The summed E-state index contributed by atoms with van der Waals surface area (Å²) in [6.07, 6.45) is 0. The quantitative estimate of drug-likeness (QED) is 0.702. The summed E-state index contributed by atoms with van der Waals surface area (Å²) in [5.74, 6) is -0.430. The van der Waals surface area contributed by atoms with E-state index >= 15 is 0 Å². The van der Waals surface area contributed by atoms with E-state index in [0.717, 1.165) is 15.6 Å². The van der Waals surface area contributed by atoms with Crippen LogP contribution in [0, 0.1) is 0 Å². The lowest BCUT2D eigenvalue weighted by molar-refractivity contribution is 0.0601. The first-order chi connectivity index (χ1) is 8.61. The highest BCUT2D eigenvalue weighted by molar-refractivity contribution is 9.10. The van der Waals surface area contributed by atoms with Crippen molar-refractivity contribution in [3.63, 3.8) is 0 Å². The second-order valence-corrected chi connectivity index (χ2v) is 5.02. The van der Waals surface area contributed by atoms with Crippen LogP contribution in [0.3, 0.4) is 0 Å². The molecule has 0 bridgehead atoms. The first-order valence-electron chi connectivity index (χ1n) is 5.25. The van der Waals surface area contributed by atoms with Gasteiger partial charge in [-0.3, -0.25) is 0 Å². The van der Waals surface area contributed by atoms with E-state index in [4.69, 9.17) is 11.6 Å². The molecule has 4 heteroatoms. The van der Waals surface area contributed by atoms with E-state index in [9.17, 15) is 4.79 Å². The number of ether oxygens (including phenoxy) is 1. The summed E-state index contributed by atoms with van der Waals surface area (Å²) in [5, 5.41) is 0.388. The molecule has 0 aliphatic carbocycles. The summed E-state index contributed by atoms with van der Waals surface area (Å²) < 4.78 is 5.64. The Labute approximate surface area is 126 Å². The molecule has 0 fully saturated rings. The SMILES string of the molecule is C.COC(=O)c1ccc(-c2cccc(Br)c2)cc1Cl. The molecule has 19 heavy (non-hydrogen) atoms. The van der Waals surface area contributed by atoms with Crippen LogP contribution in [0.15, 0.2) is 46.9 Å². The molecule has 0 heterocycles. The summed E-state index contributed by atoms with van der Waals surface area (Å²) in [7, 11) is 1.33. The van der Waals surface area contributed by atoms with Gasteiger partial charge in [0.05, 0.1) is 17.7 Å². The topological polar surface area (TPSA) is 26.3 Å². The highest BCUT2D eigenvalue weighted by atomic mass is 79.9. The van der Waals surface area contributed by atoms with Crippen molar-refractivity contribution in [1.29, 1.82) is 0 Å². The maximum Gasteiger partial charge on any atom is 0.339 e. The Morgan fingerprint density at radius 2 is 1.84 bits per heavy atom. The van der Waals surface area contributed by atoms with E-state index in [-0.39, 0.29) is 7.43 Å². The molecule has 0 unspecified atom stereocenters. The Morgan fingerprint density at radius 1 is 1.16 bits per heavy atom. The first kappa shape index (κ1) is 15.7. The molecule has 2 rings (SSSR count). The van der Waals surface area contributed by atoms with Gasteiger partial charge in [-0.05, 0) is 35.4 Å². The predicted octanol–water partition coefficient (Wildman–Crippen LogP) is 5.19. The van der Waals surface area contributed by atoms with Gasteiger partial charge in [0, 0.05) is 4.47 Å². The van der Waals surface area contributed by atoms with Crippen molar-refractivity contribution in [3.8, 4) is 11.1 Å². The van der Waals surface area contributed by atoms with E-state index in [0.29, 0.717) is 10.6 Å². The minimum atomic E-state index is -0.430. The molecule has 2 aromatic rings. The van der Waals surface area contributed by atoms with Gasteiger partial charge < -0.3 is 4.74 Å². The van der Waals surface area contributed by atoms with Gasteiger partial charge in [-0.25, -0.2) is 4.79 Å². The molecule has 0 saturated carbocycles. The fraction of sp³-hybridized carbons (Fsp3) is 0.133. The summed E-state index contributed by atoms with van der Waals surface area (Å²) in [6.45, 7) is 0. The van der Waals surface area contributed by atoms with Crippen LogP contribution >= 0.6 is 27.5 Å². The molecule has 100 valence electrons. The van der Waals surface area contributed by atoms with Crippen molar-refractivity contribution in [2.75, 3.05) is 7.11 Å². The number of methoxy groups -OCH3 is 1. The molecule has 0 amide bonds. The molecule has 2 aromatic carbocycles. The van der Waals surface area contributed by atoms with Crippen molar-refractivity contribution in [2.45, 2.75) is 7.43 Å². The smallest absolute Gasteiger partial charge is 0.339 e. The predicted molar refractivity (Wildman–Crippen MR) is 82.7 cm³/mol. The molecule has 2 nitrogen and oxygen atoms in total. The van der Waals surface area contributed by atoms with Crippen molar-refractivity contribution in [1.82, 2.24) is 0 Å². The maximum atomic E-state index is 11.4. The van der Waals surface area contributed by atoms with Gasteiger partial charge in [-0.2, -0.15) is 0 Å². The lowest BCUT2D eigenvalue weighted by Gasteiger charge is -2.06. The molecular weight excluding hydrogens is 328 g/mol. The van der Waals surface area contributed by atoms with Crippen LogP contribution in [0.25, 0.3) is 11.1 Å². The van der Waals surface area contributed by atoms with Gasteiger partial charge >= 0.3 is 5.97 Å². The fourth-order valence-electron chi connectivity index (χ4n) is 1.64. The molecule has 0 aliphatic heterocycles. The van der Waals surface area contributed by atoms with Crippen molar-refractivity contribution in [2.24, 2.45) is 0 Å². The van der Waals surface area contributed by atoms with Crippen molar-refractivity contribution < 1.29 is 9.53 Å². The second-order valence-electron chi connectivity index (χ2n) is 3.70. The van der Waals surface area contributed by atoms with Gasteiger partial charge in [-0.15, -0.1) is 0 Å². The number of carbonyl (C=O) groups excluding carboxylic acids is 1. The number of hydrogen-bond donors (Lipinski definition) is 0. The third-order valence-corrected chi connectivity index (χ3v) is 3.34. The summed E-state index contributed by atoms with van der Waals surface area (Å²) in [6, 6.07) is 13.1. The van der Waals surface area contributed by atoms with E-state index < -0.39 is 5.97 Å². The number of rotatable bonds is 2. The van der Waals surface area contributed by atoms with Gasteiger partial charge in [0.15, 0.2) is 0 Å². The summed E-state index contributed by atoms with van der Waals surface area (Å²) >= 11 is 9.50. The van der Waals surface area contributed by atoms with Gasteiger partial charge in [0.1, 0.15) is 0 Å². The lowest BCUT2D eigenvalue weighted by atomic mass is 10.0. The molecule has 0 atom stereocenters. The van der Waals surface area contributed by atoms with Crippen molar-refractivity contribution >= 4 is 33.5 Å². The number of benzene rings is 2. The fourth-order valence-corrected chi connectivity index (χ4v) is 2.30. The van der Waals surface area contributed by atoms with Crippen LogP contribution in [0.1, 0.15) is 17.8 Å². The normalized spacial score (nSPS) is 9.63. The number of hydrogen-bond acceptors (Lipinski definition) is 2. The zero-order valence-corrected chi connectivity index (χ0v) is 12.0. The summed E-state index contributed by atoms with van der Waals surface area (Å²) in [5.41, 5.74) is 2.36. The Kier molecular flexibility index (Phi) is 5.58. The van der Waals surface area contributed by atoms with Crippen LogP contribution in [-0.2, 0) is 4.74 Å². The minimum absolute atomic E-state index is 0. The zero-order valence-electron chi connectivity index (χ0n) is 9.61. The molecule has 0 radical (unpaired) electrons. The number of carbonyl (C=O) groups is 1. The minimum Gasteiger partial charge on any atom is -0.465 e. The van der Waals surface area contributed by atoms with Crippen LogP contribution in [0.4, 0.5) is 0 Å². The lowest BCUT2D eigenvalue weighted by Crippen LogP contribution is -2.01. The molecule has 0 N–H and O–H groups in total. The third kappa shape index (κ3) is 3.58. The van der Waals surface area contributed by atoms with Crippen molar-refractivity contribution in [3.05, 3.63) is 57.5 Å². The van der Waals surface area contributed by atoms with E-state index in [1.165, 1.54) is 7.11 Å². The Balaban J connectivity index is 0.00000180. The third-order valence-electron chi connectivity index (χ3n) is 2.53. The zero-order chi connectivity index (χ0) is 13.1. The van der Waals surface area contributed by atoms with Crippen LogP contribution in [0.2, 0.25) is 5.02 Å². The highest BCUT2D eigenvalue weighted by Crippen LogP contribution is 2.27. The van der Waals surface area contributed by atoms with Gasteiger partial charge in [0.25, 0.3) is 0 Å². The van der Waals surface area contributed by atoms with Crippen LogP contribution in [0.5, 0.6) is 0 Å². The Bertz CT molecular complexity index is 596. The van der Waals surface area contributed by atoms with Crippen LogP contribution in [-0.4, -0.2) is 13.1 Å². The molecule has 0 spiro atoms. The molecular formula is C15H14BrClO2. The largest absolute Gasteiger partial charge is 0.465 e. The standard InChI is InChI=1S/C14H10BrClO2.CH4/c1-18-14(17)12-6-5-10(8-13(12)16)9-3-2-4-11(15)7-9;/h2-8H,1H3;1H4. The Hall–Kier alpha value is -1.32. The van der Waals surface area contributed by atoms with Crippen LogP contribution < -0.4 is 0 Å². The number of halogens is 2. The monoisotopic (exact) mass is 340 g/mol.